The molecule has 3 aliphatic rings. The topological polar surface area (TPSA) is 72.5 Å². The van der Waals surface area contributed by atoms with E-state index in [2.05, 4.69) is 0 Å². The molecule has 7 heteroatoms. The number of benzene rings is 1. The molecule has 0 spiro atoms. The first kappa shape index (κ1) is 17.9. The fourth-order valence-corrected chi connectivity index (χ4v) is 3.64. The molecule has 5 atom stereocenters. The maximum atomic E-state index is 12.2. The number of carbonyl (C=O) groups is 1. The first-order valence-corrected chi connectivity index (χ1v) is 8.83. The van der Waals surface area contributed by atoms with Gasteiger partial charge in [0, 0.05) is 0 Å². The third-order valence-electron chi connectivity index (χ3n) is 4.64. The van der Waals surface area contributed by atoms with E-state index in [4.69, 9.17) is 28.4 Å². The van der Waals surface area contributed by atoms with Crippen LogP contribution in [0.5, 0.6) is 0 Å². The first-order chi connectivity index (χ1) is 12.2. The number of esters is 1. The summed E-state index contributed by atoms with van der Waals surface area (Å²) in [5.41, 5.74) is 0.489. The third kappa shape index (κ3) is 3.37. The molecule has 3 saturated heterocycles. The standard InChI is InChI=1S/C19H24O7/c1-18(2)23-13-12(10-21-16(20)11-8-6-5-7-9-11)22-17-15(14(13)24-18)25-19(3,4)26-17/h5-9,12-15,17H,10H2,1-4H3/t12-,13-,14-,15-,17+/m1/s1. The van der Waals surface area contributed by atoms with Crippen molar-refractivity contribution in [3.63, 3.8) is 0 Å². The van der Waals surface area contributed by atoms with Gasteiger partial charge < -0.3 is 28.4 Å². The van der Waals surface area contributed by atoms with E-state index in [-0.39, 0.29) is 12.7 Å². The summed E-state index contributed by atoms with van der Waals surface area (Å²) < 4.78 is 35.3. The molecule has 7 nitrogen and oxygen atoms in total. The van der Waals surface area contributed by atoms with Crippen molar-refractivity contribution in [2.45, 2.75) is 70.0 Å². The Kier molecular flexibility index (Phi) is 4.32. The zero-order valence-electron chi connectivity index (χ0n) is 15.3. The molecule has 3 heterocycles. The van der Waals surface area contributed by atoms with Gasteiger partial charge in [-0.2, -0.15) is 0 Å². The number of carbonyl (C=O) groups excluding carboxylic acids is 1. The van der Waals surface area contributed by atoms with Gasteiger partial charge in [0.05, 0.1) is 5.56 Å². The number of fused-ring (bicyclic) bond motifs is 3. The van der Waals surface area contributed by atoms with Crippen molar-refractivity contribution in [2.75, 3.05) is 6.61 Å². The second-order valence-electron chi connectivity index (χ2n) is 7.67. The average molecular weight is 364 g/mol. The van der Waals surface area contributed by atoms with Crippen LogP contribution in [0.3, 0.4) is 0 Å². The molecule has 4 rings (SSSR count). The lowest BCUT2D eigenvalue weighted by Crippen LogP contribution is -2.56. The lowest BCUT2D eigenvalue weighted by atomic mass is 9.99. The molecular formula is C19H24O7. The van der Waals surface area contributed by atoms with E-state index in [1.807, 2.05) is 33.8 Å². The second-order valence-corrected chi connectivity index (χ2v) is 7.67. The van der Waals surface area contributed by atoms with Gasteiger partial charge in [0.25, 0.3) is 0 Å². The molecular weight excluding hydrogens is 340 g/mol. The lowest BCUT2D eigenvalue weighted by molar-refractivity contribution is -0.240. The number of rotatable bonds is 3. The van der Waals surface area contributed by atoms with Gasteiger partial charge in [0.1, 0.15) is 31.0 Å². The Morgan fingerprint density at radius 2 is 1.54 bits per heavy atom. The van der Waals surface area contributed by atoms with Crippen molar-refractivity contribution in [1.29, 1.82) is 0 Å². The van der Waals surface area contributed by atoms with E-state index in [0.717, 1.165) is 0 Å². The van der Waals surface area contributed by atoms with Crippen LogP contribution < -0.4 is 0 Å². The molecule has 0 unspecified atom stereocenters. The maximum Gasteiger partial charge on any atom is 0.338 e. The monoisotopic (exact) mass is 364 g/mol. The predicted octanol–water partition coefficient (Wildman–Crippen LogP) is 2.24. The van der Waals surface area contributed by atoms with E-state index in [1.165, 1.54) is 0 Å². The lowest BCUT2D eigenvalue weighted by Gasteiger charge is -2.36. The molecule has 0 amide bonds. The molecule has 1 aromatic rings. The fourth-order valence-electron chi connectivity index (χ4n) is 3.64. The zero-order valence-corrected chi connectivity index (χ0v) is 15.3. The van der Waals surface area contributed by atoms with Gasteiger partial charge >= 0.3 is 5.97 Å². The van der Waals surface area contributed by atoms with Crippen LogP contribution in [0, 0.1) is 0 Å². The summed E-state index contributed by atoms with van der Waals surface area (Å²) in [6.07, 6.45) is -2.26. The van der Waals surface area contributed by atoms with E-state index >= 15 is 0 Å². The summed E-state index contributed by atoms with van der Waals surface area (Å²) in [6, 6.07) is 8.83. The van der Waals surface area contributed by atoms with Crippen molar-refractivity contribution in [3.8, 4) is 0 Å². The van der Waals surface area contributed by atoms with Crippen LogP contribution in [0.2, 0.25) is 0 Å². The highest BCUT2D eigenvalue weighted by atomic mass is 16.9. The summed E-state index contributed by atoms with van der Waals surface area (Å²) in [6.45, 7) is 7.38. The molecule has 0 bridgehead atoms. The van der Waals surface area contributed by atoms with Crippen LogP contribution in [0.1, 0.15) is 38.1 Å². The highest BCUT2D eigenvalue weighted by molar-refractivity contribution is 5.89. The van der Waals surface area contributed by atoms with E-state index in [9.17, 15) is 4.79 Å². The summed E-state index contributed by atoms with van der Waals surface area (Å²) in [5, 5.41) is 0. The highest BCUT2D eigenvalue weighted by Gasteiger charge is 2.60. The van der Waals surface area contributed by atoms with Crippen molar-refractivity contribution >= 4 is 5.97 Å². The van der Waals surface area contributed by atoms with Crippen LogP contribution in [0.25, 0.3) is 0 Å². The minimum absolute atomic E-state index is 0.0430. The summed E-state index contributed by atoms with van der Waals surface area (Å²) in [5.74, 6) is -1.95. The minimum atomic E-state index is -0.772. The molecule has 142 valence electrons. The van der Waals surface area contributed by atoms with Gasteiger partial charge in [-0.1, -0.05) is 18.2 Å². The van der Waals surface area contributed by atoms with Crippen molar-refractivity contribution < 1.29 is 33.2 Å². The predicted molar refractivity (Wildman–Crippen MR) is 89.2 cm³/mol. The quantitative estimate of drug-likeness (QED) is 0.762. The van der Waals surface area contributed by atoms with E-state index in [1.54, 1.807) is 24.3 Å². The summed E-state index contributed by atoms with van der Waals surface area (Å²) >= 11 is 0. The van der Waals surface area contributed by atoms with Gasteiger partial charge in [0.15, 0.2) is 17.9 Å². The molecule has 0 radical (unpaired) electrons. The Morgan fingerprint density at radius 1 is 0.923 bits per heavy atom. The largest absolute Gasteiger partial charge is 0.459 e. The van der Waals surface area contributed by atoms with Crippen LogP contribution in [0.15, 0.2) is 30.3 Å². The van der Waals surface area contributed by atoms with Crippen LogP contribution >= 0.6 is 0 Å². The van der Waals surface area contributed by atoms with E-state index in [0.29, 0.717) is 5.56 Å². The van der Waals surface area contributed by atoms with Crippen molar-refractivity contribution in [3.05, 3.63) is 35.9 Å². The molecule has 1 aromatic carbocycles. The molecule has 0 N–H and O–H groups in total. The molecule has 3 aliphatic heterocycles. The summed E-state index contributed by atoms with van der Waals surface area (Å²) in [4.78, 5) is 12.2. The Morgan fingerprint density at radius 3 is 2.27 bits per heavy atom. The first-order valence-electron chi connectivity index (χ1n) is 8.83. The zero-order chi connectivity index (χ0) is 18.5. The Labute approximate surface area is 152 Å². The van der Waals surface area contributed by atoms with Gasteiger partial charge in [-0.05, 0) is 39.8 Å². The Balaban J connectivity index is 1.48. The molecule has 26 heavy (non-hydrogen) atoms. The third-order valence-corrected chi connectivity index (χ3v) is 4.64. The average Bonchev–Trinajstić information content (AvgIpc) is 3.07. The fraction of sp³-hybridized carbons (Fsp3) is 0.632. The van der Waals surface area contributed by atoms with Gasteiger partial charge in [0.2, 0.25) is 0 Å². The van der Waals surface area contributed by atoms with Gasteiger partial charge in [-0.15, -0.1) is 0 Å². The van der Waals surface area contributed by atoms with Crippen molar-refractivity contribution in [1.82, 2.24) is 0 Å². The van der Waals surface area contributed by atoms with Crippen molar-refractivity contribution in [2.24, 2.45) is 0 Å². The number of hydrogen-bond donors (Lipinski definition) is 0. The maximum absolute atomic E-state index is 12.2. The van der Waals surface area contributed by atoms with Crippen LogP contribution in [-0.4, -0.2) is 54.9 Å². The normalized spacial score (nSPS) is 37.0. The number of hydrogen-bond acceptors (Lipinski definition) is 7. The SMILES string of the molecule is CC1(C)O[C@@H]2O[C@H](COC(=O)c3ccccc3)[C@H]3OC(C)(C)O[C@H]3[C@H]2O1. The second kappa shape index (κ2) is 6.28. The Bertz CT molecular complexity index is 672. The van der Waals surface area contributed by atoms with Gasteiger partial charge in [-0.3, -0.25) is 0 Å². The molecule has 0 saturated carbocycles. The van der Waals surface area contributed by atoms with Crippen LogP contribution in [0.4, 0.5) is 0 Å². The Hall–Kier alpha value is -1.51. The molecule has 3 fully saturated rings. The van der Waals surface area contributed by atoms with E-state index < -0.39 is 42.1 Å². The molecule has 0 aromatic heterocycles. The number of ether oxygens (including phenoxy) is 6. The van der Waals surface area contributed by atoms with Gasteiger partial charge in [-0.25, -0.2) is 4.79 Å². The summed E-state index contributed by atoms with van der Waals surface area (Å²) in [7, 11) is 0. The minimum Gasteiger partial charge on any atom is -0.459 e. The smallest absolute Gasteiger partial charge is 0.338 e. The highest BCUT2D eigenvalue weighted by Crippen LogP contribution is 2.44. The molecule has 0 aliphatic carbocycles. The van der Waals surface area contributed by atoms with Crippen LogP contribution in [-0.2, 0) is 28.4 Å².